The van der Waals surface area contributed by atoms with Gasteiger partial charge in [-0.15, -0.1) is 0 Å². The van der Waals surface area contributed by atoms with Crippen LogP contribution in [0, 0.1) is 0 Å². The molecule has 186 valence electrons. The zero-order valence-corrected chi connectivity index (χ0v) is 20.9. The summed E-state index contributed by atoms with van der Waals surface area (Å²) in [5, 5.41) is 11.2. The molecule has 0 saturated carbocycles. The molecule has 4 rings (SSSR count). The maximum absolute atomic E-state index is 13.3. The highest BCUT2D eigenvalue weighted by atomic mass is 16.5. The van der Waals surface area contributed by atoms with Crippen LogP contribution in [0.4, 0.5) is 5.69 Å². The Bertz CT molecular complexity index is 1260. The third-order valence-electron chi connectivity index (χ3n) is 6.22. The van der Waals surface area contributed by atoms with E-state index in [0.717, 1.165) is 22.6 Å². The first-order chi connectivity index (χ1) is 17.3. The SMILES string of the molecule is CCOc1ccc(CN2C(=O)C(=O)/C(=C(\O)c3ccc(OC)cc3)C2c2ccc(N(C)C)cc2)cc1. The third kappa shape index (κ3) is 4.91. The Morgan fingerprint density at radius 1 is 0.917 bits per heavy atom. The van der Waals surface area contributed by atoms with Crippen molar-refractivity contribution >= 4 is 23.1 Å². The first kappa shape index (κ1) is 24.9. The second-order valence-electron chi connectivity index (χ2n) is 8.72. The molecular formula is C29H30N2O5. The van der Waals surface area contributed by atoms with E-state index >= 15 is 0 Å². The van der Waals surface area contributed by atoms with Gasteiger partial charge >= 0.3 is 0 Å². The zero-order chi connectivity index (χ0) is 25.8. The fourth-order valence-corrected chi connectivity index (χ4v) is 4.30. The second-order valence-corrected chi connectivity index (χ2v) is 8.72. The number of aliphatic hydroxyl groups excluding tert-OH is 1. The van der Waals surface area contributed by atoms with Crippen LogP contribution >= 0.6 is 0 Å². The molecule has 1 aliphatic heterocycles. The molecule has 1 atom stereocenters. The number of rotatable bonds is 8. The molecule has 1 aliphatic rings. The third-order valence-corrected chi connectivity index (χ3v) is 6.22. The van der Waals surface area contributed by atoms with E-state index < -0.39 is 17.7 Å². The average molecular weight is 487 g/mol. The smallest absolute Gasteiger partial charge is 0.295 e. The standard InChI is InChI=1S/C29H30N2O5/c1-5-36-24-14-6-19(7-15-24)18-31-26(20-8-12-22(13-9-20)30(2)3)25(28(33)29(31)34)27(32)21-10-16-23(35-4)17-11-21/h6-17,26,32H,5,18H2,1-4H3/b27-25-. The molecule has 1 unspecified atom stereocenters. The van der Waals surface area contributed by atoms with Crippen LogP contribution in [0.1, 0.15) is 29.7 Å². The van der Waals surface area contributed by atoms with Gasteiger partial charge in [0, 0.05) is 31.9 Å². The summed E-state index contributed by atoms with van der Waals surface area (Å²) in [6.45, 7) is 2.68. The molecule has 1 N–H and O–H groups in total. The Morgan fingerprint density at radius 3 is 2.08 bits per heavy atom. The molecule has 3 aromatic carbocycles. The van der Waals surface area contributed by atoms with Crippen LogP contribution in [0.5, 0.6) is 11.5 Å². The number of carbonyl (C=O) groups excluding carboxylic acids is 2. The quantitative estimate of drug-likeness (QED) is 0.280. The van der Waals surface area contributed by atoms with Crippen LogP contribution in [0.3, 0.4) is 0 Å². The second kappa shape index (κ2) is 10.6. The topological polar surface area (TPSA) is 79.3 Å². The van der Waals surface area contributed by atoms with Crippen LogP contribution in [0.2, 0.25) is 0 Å². The van der Waals surface area contributed by atoms with E-state index in [9.17, 15) is 14.7 Å². The maximum Gasteiger partial charge on any atom is 0.295 e. The molecule has 7 heteroatoms. The summed E-state index contributed by atoms with van der Waals surface area (Å²) in [5.74, 6) is -0.222. The predicted molar refractivity (Wildman–Crippen MR) is 139 cm³/mol. The monoisotopic (exact) mass is 486 g/mol. The lowest BCUT2D eigenvalue weighted by molar-refractivity contribution is -0.140. The van der Waals surface area contributed by atoms with Gasteiger partial charge in [0.2, 0.25) is 0 Å². The Labute approximate surface area is 211 Å². The van der Waals surface area contributed by atoms with Crippen LogP contribution in [-0.4, -0.2) is 49.5 Å². The number of nitrogens with zero attached hydrogens (tertiary/aromatic N) is 2. The Hall–Kier alpha value is -4.26. The summed E-state index contributed by atoms with van der Waals surface area (Å²) in [7, 11) is 5.44. The highest BCUT2D eigenvalue weighted by Gasteiger charge is 2.46. The van der Waals surface area contributed by atoms with Gasteiger partial charge in [-0.2, -0.15) is 0 Å². The zero-order valence-electron chi connectivity index (χ0n) is 20.9. The molecular weight excluding hydrogens is 456 g/mol. The van der Waals surface area contributed by atoms with Crippen LogP contribution < -0.4 is 14.4 Å². The summed E-state index contributed by atoms with van der Waals surface area (Å²) in [4.78, 5) is 30.0. The molecule has 0 bridgehead atoms. The van der Waals surface area contributed by atoms with Crippen molar-refractivity contribution in [2.75, 3.05) is 32.7 Å². The lowest BCUT2D eigenvalue weighted by Gasteiger charge is -2.26. The molecule has 0 radical (unpaired) electrons. The first-order valence-electron chi connectivity index (χ1n) is 11.8. The first-order valence-corrected chi connectivity index (χ1v) is 11.8. The number of ether oxygens (including phenoxy) is 2. The van der Waals surface area contributed by atoms with Gasteiger partial charge in [-0.05, 0) is 66.6 Å². The Balaban J connectivity index is 1.79. The molecule has 0 aromatic heterocycles. The van der Waals surface area contributed by atoms with E-state index in [-0.39, 0.29) is 17.9 Å². The number of ketones is 1. The van der Waals surface area contributed by atoms with Gasteiger partial charge in [-0.1, -0.05) is 24.3 Å². The minimum Gasteiger partial charge on any atom is -0.507 e. The highest BCUT2D eigenvalue weighted by molar-refractivity contribution is 6.46. The summed E-state index contributed by atoms with van der Waals surface area (Å²) < 4.78 is 10.7. The molecule has 1 saturated heterocycles. The number of amides is 1. The molecule has 0 spiro atoms. The van der Waals surface area contributed by atoms with E-state index in [1.165, 1.54) is 4.90 Å². The molecule has 1 amide bonds. The summed E-state index contributed by atoms with van der Waals surface area (Å²) in [6.07, 6.45) is 0. The van der Waals surface area contributed by atoms with Gasteiger partial charge in [0.25, 0.3) is 11.7 Å². The van der Waals surface area contributed by atoms with Crippen molar-refractivity contribution in [3.63, 3.8) is 0 Å². The summed E-state index contributed by atoms with van der Waals surface area (Å²) >= 11 is 0. The Morgan fingerprint density at radius 2 is 1.53 bits per heavy atom. The van der Waals surface area contributed by atoms with Gasteiger partial charge in [0.05, 0.1) is 25.3 Å². The number of hydrogen-bond acceptors (Lipinski definition) is 6. The lowest BCUT2D eigenvalue weighted by Crippen LogP contribution is -2.29. The van der Waals surface area contributed by atoms with Crippen LogP contribution in [0.25, 0.3) is 5.76 Å². The van der Waals surface area contributed by atoms with Gasteiger partial charge in [0.1, 0.15) is 17.3 Å². The minimum absolute atomic E-state index is 0.0636. The predicted octanol–water partition coefficient (Wildman–Crippen LogP) is 4.78. The van der Waals surface area contributed by atoms with Gasteiger partial charge in [-0.25, -0.2) is 0 Å². The number of likely N-dealkylation sites (tertiary alicyclic amines) is 1. The number of methoxy groups -OCH3 is 1. The number of anilines is 1. The van der Waals surface area contributed by atoms with Gasteiger partial charge < -0.3 is 24.4 Å². The molecule has 3 aromatic rings. The number of Topliss-reactive ketones (excluding diaryl/α,β-unsaturated/α-hetero) is 1. The van der Waals surface area contributed by atoms with Crippen LogP contribution in [-0.2, 0) is 16.1 Å². The average Bonchev–Trinajstić information content (AvgIpc) is 3.14. The van der Waals surface area contributed by atoms with Gasteiger partial charge in [-0.3, -0.25) is 9.59 Å². The maximum atomic E-state index is 13.3. The van der Waals surface area contributed by atoms with Crippen molar-refractivity contribution in [3.05, 3.63) is 95.1 Å². The van der Waals surface area contributed by atoms with E-state index in [0.29, 0.717) is 17.9 Å². The van der Waals surface area contributed by atoms with Crippen molar-refractivity contribution in [1.82, 2.24) is 4.90 Å². The molecule has 1 heterocycles. The number of carbonyl (C=O) groups is 2. The fraction of sp³-hybridized carbons (Fsp3) is 0.241. The molecule has 7 nitrogen and oxygen atoms in total. The number of hydrogen-bond donors (Lipinski definition) is 1. The van der Waals surface area contributed by atoms with Crippen molar-refractivity contribution in [2.24, 2.45) is 0 Å². The number of aliphatic hydroxyl groups is 1. The summed E-state index contributed by atoms with van der Waals surface area (Å²) in [5.41, 5.74) is 3.07. The van der Waals surface area contributed by atoms with E-state index in [1.54, 1.807) is 31.4 Å². The lowest BCUT2D eigenvalue weighted by atomic mass is 9.95. The molecule has 1 fully saturated rings. The highest BCUT2D eigenvalue weighted by Crippen LogP contribution is 2.41. The minimum atomic E-state index is -0.741. The fourth-order valence-electron chi connectivity index (χ4n) is 4.30. The van der Waals surface area contributed by atoms with Crippen molar-refractivity contribution < 1.29 is 24.2 Å². The van der Waals surface area contributed by atoms with Gasteiger partial charge in [0.15, 0.2) is 0 Å². The van der Waals surface area contributed by atoms with E-state index in [1.807, 2.05) is 74.4 Å². The van der Waals surface area contributed by atoms with E-state index in [4.69, 9.17) is 9.47 Å². The van der Waals surface area contributed by atoms with Crippen molar-refractivity contribution in [1.29, 1.82) is 0 Å². The summed E-state index contributed by atoms with van der Waals surface area (Å²) in [6, 6.07) is 21.1. The molecule has 0 aliphatic carbocycles. The van der Waals surface area contributed by atoms with E-state index in [2.05, 4.69) is 0 Å². The normalized spacial score (nSPS) is 16.8. The molecule has 36 heavy (non-hydrogen) atoms. The van der Waals surface area contributed by atoms with Crippen LogP contribution in [0.15, 0.2) is 78.4 Å². The van der Waals surface area contributed by atoms with Crippen molar-refractivity contribution in [2.45, 2.75) is 19.5 Å². The Kier molecular flexibility index (Phi) is 7.29. The van der Waals surface area contributed by atoms with Crippen molar-refractivity contribution in [3.8, 4) is 11.5 Å². The largest absolute Gasteiger partial charge is 0.507 e. The number of benzene rings is 3.